The lowest BCUT2D eigenvalue weighted by Crippen LogP contribution is -2.24. The Hall–Kier alpha value is -1.13. The molecule has 4 heteroatoms. The molecule has 0 aliphatic rings. The number of anilines is 1. The molecule has 0 unspecified atom stereocenters. The van der Waals surface area contributed by atoms with Crippen LogP contribution in [0.5, 0.6) is 0 Å². The van der Waals surface area contributed by atoms with E-state index in [4.69, 9.17) is 0 Å². The monoisotopic (exact) mass is 250 g/mol. The van der Waals surface area contributed by atoms with Crippen molar-refractivity contribution in [3.05, 3.63) is 23.4 Å². The summed E-state index contributed by atoms with van der Waals surface area (Å²) in [5.41, 5.74) is 2.37. The lowest BCUT2D eigenvalue weighted by molar-refractivity contribution is 0.401. The second-order valence-electron chi connectivity index (χ2n) is 5.08. The Kier molecular flexibility index (Phi) is 6.09. The zero-order valence-electron chi connectivity index (χ0n) is 12.3. The standard InChI is InChI=1S/C14H26N4/c1-12-9-13(11-15-2)10-14(16-12)18(5)8-6-7-17(3)4/h9-10,15H,6-8,11H2,1-5H3. The van der Waals surface area contributed by atoms with Crippen molar-refractivity contribution in [1.29, 1.82) is 0 Å². The minimum atomic E-state index is 0.891. The zero-order chi connectivity index (χ0) is 13.5. The lowest BCUT2D eigenvalue weighted by Gasteiger charge is -2.20. The summed E-state index contributed by atoms with van der Waals surface area (Å²) in [7, 11) is 8.29. The number of rotatable bonds is 7. The molecular weight excluding hydrogens is 224 g/mol. The van der Waals surface area contributed by atoms with Crippen LogP contribution in [0.15, 0.2) is 12.1 Å². The van der Waals surface area contributed by atoms with E-state index < -0.39 is 0 Å². The molecule has 0 aromatic carbocycles. The number of hydrogen-bond donors (Lipinski definition) is 1. The maximum absolute atomic E-state index is 4.60. The molecule has 0 saturated heterocycles. The Morgan fingerprint density at radius 1 is 1.17 bits per heavy atom. The number of aryl methyl sites for hydroxylation is 1. The molecule has 0 aliphatic carbocycles. The van der Waals surface area contributed by atoms with Gasteiger partial charge >= 0.3 is 0 Å². The van der Waals surface area contributed by atoms with Gasteiger partial charge in [-0.2, -0.15) is 0 Å². The van der Waals surface area contributed by atoms with Gasteiger partial charge in [-0.15, -0.1) is 0 Å². The van der Waals surface area contributed by atoms with Crippen LogP contribution in [-0.4, -0.2) is 51.2 Å². The smallest absolute Gasteiger partial charge is 0.128 e. The summed E-state index contributed by atoms with van der Waals surface area (Å²) in [5.74, 6) is 1.07. The molecule has 0 aliphatic heterocycles. The van der Waals surface area contributed by atoms with Crippen molar-refractivity contribution in [2.24, 2.45) is 0 Å². The second-order valence-corrected chi connectivity index (χ2v) is 5.08. The molecule has 0 bridgehead atoms. The second kappa shape index (κ2) is 7.34. The van der Waals surface area contributed by atoms with E-state index in [9.17, 15) is 0 Å². The summed E-state index contributed by atoms with van der Waals surface area (Å²) < 4.78 is 0. The highest BCUT2D eigenvalue weighted by atomic mass is 15.2. The fourth-order valence-electron chi connectivity index (χ4n) is 1.96. The average Bonchev–Trinajstić information content (AvgIpc) is 2.28. The van der Waals surface area contributed by atoms with Crippen molar-refractivity contribution in [3.63, 3.8) is 0 Å². The summed E-state index contributed by atoms with van der Waals surface area (Å²) >= 11 is 0. The van der Waals surface area contributed by atoms with Crippen molar-refractivity contribution in [2.75, 3.05) is 46.2 Å². The van der Waals surface area contributed by atoms with Crippen molar-refractivity contribution >= 4 is 5.82 Å². The molecule has 1 rings (SSSR count). The van der Waals surface area contributed by atoms with E-state index in [2.05, 4.69) is 60.3 Å². The zero-order valence-corrected chi connectivity index (χ0v) is 12.3. The predicted octanol–water partition coefficient (Wildman–Crippen LogP) is 1.50. The minimum absolute atomic E-state index is 0.891. The van der Waals surface area contributed by atoms with Gasteiger partial charge in [-0.3, -0.25) is 0 Å². The summed E-state index contributed by atoms with van der Waals surface area (Å²) in [6, 6.07) is 4.30. The van der Waals surface area contributed by atoms with E-state index in [0.717, 1.165) is 37.6 Å². The first-order valence-corrected chi connectivity index (χ1v) is 6.51. The van der Waals surface area contributed by atoms with Crippen LogP contribution in [0.2, 0.25) is 0 Å². The molecule has 4 nitrogen and oxygen atoms in total. The third-order valence-corrected chi connectivity index (χ3v) is 2.87. The molecule has 1 aromatic heterocycles. The first kappa shape index (κ1) is 14.9. The predicted molar refractivity (Wildman–Crippen MR) is 78.2 cm³/mol. The van der Waals surface area contributed by atoms with E-state index in [0.29, 0.717) is 0 Å². The van der Waals surface area contributed by atoms with Gasteiger partial charge in [0.25, 0.3) is 0 Å². The molecule has 0 fully saturated rings. The van der Waals surface area contributed by atoms with Crippen molar-refractivity contribution in [1.82, 2.24) is 15.2 Å². The van der Waals surface area contributed by atoms with Gasteiger partial charge in [-0.25, -0.2) is 4.98 Å². The van der Waals surface area contributed by atoms with Gasteiger partial charge in [0, 0.05) is 25.8 Å². The number of pyridine rings is 1. The van der Waals surface area contributed by atoms with E-state index >= 15 is 0 Å². The molecule has 0 spiro atoms. The molecule has 1 heterocycles. The molecule has 18 heavy (non-hydrogen) atoms. The first-order chi connectivity index (χ1) is 8.52. The van der Waals surface area contributed by atoms with Crippen molar-refractivity contribution < 1.29 is 0 Å². The summed E-state index contributed by atoms with van der Waals surface area (Å²) in [4.78, 5) is 9.04. The summed E-state index contributed by atoms with van der Waals surface area (Å²) in [5, 5.41) is 3.18. The Bertz CT molecular complexity index is 363. The highest BCUT2D eigenvalue weighted by molar-refractivity contribution is 5.41. The van der Waals surface area contributed by atoms with E-state index in [1.54, 1.807) is 0 Å². The molecule has 0 amide bonds. The molecule has 1 aromatic rings. The fourth-order valence-corrected chi connectivity index (χ4v) is 1.96. The third kappa shape index (κ3) is 5.02. The van der Waals surface area contributed by atoms with Crippen LogP contribution in [0.1, 0.15) is 17.7 Å². The SMILES string of the molecule is CNCc1cc(C)nc(N(C)CCCN(C)C)c1. The number of nitrogens with one attached hydrogen (secondary N) is 1. The van der Waals surface area contributed by atoms with E-state index in [1.165, 1.54) is 5.56 Å². The quantitative estimate of drug-likeness (QED) is 0.794. The topological polar surface area (TPSA) is 31.4 Å². The lowest BCUT2D eigenvalue weighted by atomic mass is 10.2. The highest BCUT2D eigenvalue weighted by Gasteiger charge is 2.05. The van der Waals surface area contributed by atoms with Gasteiger partial charge in [0.1, 0.15) is 5.82 Å². The van der Waals surface area contributed by atoms with Crippen LogP contribution in [0.4, 0.5) is 5.82 Å². The van der Waals surface area contributed by atoms with Crippen LogP contribution in [-0.2, 0) is 6.54 Å². The molecule has 1 N–H and O–H groups in total. The Labute approximate surface area is 111 Å². The molecule has 0 atom stereocenters. The maximum atomic E-state index is 4.60. The fraction of sp³-hybridized carbons (Fsp3) is 0.643. The number of hydrogen-bond acceptors (Lipinski definition) is 4. The molecule has 0 saturated carbocycles. The van der Waals surface area contributed by atoms with Gasteiger partial charge in [0.15, 0.2) is 0 Å². The minimum Gasteiger partial charge on any atom is -0.360 e. The van der Waals surface area contributed by atoms with Crippen LogP contribution < -0.4 is 10.2 Å². The van der Waals surface area contributed by atoms with Crippen LogP contribution in [0.25, 0.3) is 0 Å². The highest BCUT2D eigenvalue weighted by Crippen LogP contribution is 2.14. The third-order valence-electron chi connectivity index (χ3n) is 2.87. The normalized spacial score (nSPS) is 11.0. The largest absolute Gasteiger partial charge is 0.360 e. The van der Waals surface area contributed by atoms with Crippen LogP contribution in [0.3, 0.4) is 0 Å². The number of aromatic nitrogens is 1. The first-order valence-electron chi connectivity index (χ1n) is 6.51. The Morgan fingerprint density at radius 2 is 1.89 bits per heavy atom. The van der Waals surface area contributed by atoms with Gasteiger partial charge in [-0.05, 0) is 58.7 Å². The van der Waals surface area contributed by atoms with Gasteiger partial charge in [0.05, 0.1) is 0 Å². The van der Waals surface area contributed by atoms with Gasteiger partial charge in [-0.1, -0.05) is 0 Å². The molecule has 102 valence electrons. The van der Waals surface area contributed by atoms with Gasteiger partial charge in [0.2, 0.25) is 0 Å². The Balaban J connectivity index is 2.63. The van der Waals surface area contributed by atoms with Gasteiger partial charge < -0.3 is 15.1 Å². The maximum Gasteiger partial charge on any atom is 0.128 e. The number of nitrogens with zero attached hydrogens (tertiary/aromatic N) is 3. The average molecular weight is 250 g/mol. The Morgan fingerprint density at radius 3 is 2.50 bits per heavy atom. The van der Waals surface area contributed by atoms with Crippen LogP contribution >= 0.6 is 0 Å². The van der Waals surface area contributed by atoms with E-state index in [1.807, 2.05) is 7.05 Å². The molecule has 0 radical (unpaired) electrons. The summed E-state index contributed by atoms with van der Waals surface area (Å²) in [6.45, 7) is 5.09. The van der Waals surface area contributed by atoms with E-state index in [-0.39, 0.29) is 0 Å². The van der Waals surface area contributed by atoms with Crippen molar-refractivity contribution in [3.8, 4) is 0 Å². The molecular formula is C14H26N4. The van der Waals surface area contributed by atoms with Crippen molar-refractivity contribution in [2.45, 2.75) is 19.9 Å². The summed E-state index contributed by atoms with van der Waals surface area (Å²) in [6.07, 6.45) is 1.15. The van der Waals surface area contributed by atoms with Crippen LogP contribution in [0, 0.1) is 6.92 Å².